The lowest BCUT2D eigenvalue weighted by molar-refractivity contribution is -0.120. The van der Waals surface area contributed by atoms with Crippen LogP contribution in [0.5, 0.6) is 0 Å². The Labute approximate surface area is 128 Å². The van der Waals surface area contributed by atoms with Crippen LogP contribution in [0.3, 0.4) is 0 Å². The van der Waals surface area contributed by atoms with E-state index in [1.807, 2.05) is 17.9 Å². The number of carbonyl (C=O) groups excluding carboxylic acids is 1. The SMILES string of the molecule is CCCCCC1CCCC(=O)N1c1cc(N)c(C)cc1C. The lowest BCUT2D eigenvalue weighted by Gasteiger charge is -2.37. The van der Waals surface area contributed by atoms with Gasteiger partial charge in [-0.3, -0.25) is 4.79 Å². The lowest BCUT2D eigenvalue weighted by atomic mass is 9.94. The van der Waals surface area contributed by atoms with E-state index in [1.54, 1.807) is 0 Å². The van der Waals surface area contributed by atoms with Crippen molar-refractivity contribution in [2.45, 2.75) is 71.8 Å². The quantitative estimate of drug-likeness (QED) is 0.646. The molecule has 1 aliphatic rings. The molecule has 0 aliphatic carbocycles. The number of aryl methyl sites for hydroxylation is 2. The van der Waals surface area contributed by atoms with Crippen molar-refractivity contribution in [1.82, 2.24) is 0 Å². The number of carbonyl (C=O) groups is 1. The number of unbranched alkanes of at least 4 members (excludes halogenated alkanes) is 2. The molecule has 0 spiro atoms. The summed E-state index contributed by atoms with van der Waals surface area (Å²) in [5, 5.41) is 0. The molecule has 0 bridgehead atoms. The summed E-state index contributed by atoms with van der Waals surface area (Å²) < 4.78 is 0. The molecule has 21 heavy (non-hydrogen) atoms. The van der Waals surface area contributed by atoms with Gasteiger partial charge in [-0.2, -0.15) is 0 Å². The van der Waals surface area contributed by atoms with Crippen molar-refractivity contribution in [2.75, 3.05) is 10.6 Å². The van der Waals surface area contributed by atoms with Gasteiger partial charge in [0.1, 0.15) is 0 Å². The van der Waals surface area contributed by atoms with Crippen LogP contribution in [0.2, 0.25) is 0 Å². The normalized spacial score (nSPS) is 19.1. The summed E-state index contributed by atoms with van der Waals surface area (Å²) in [4.78, 5) is 14.5. The number of nitrogens with zero attached hydrogens (tertiary/aromatic N) is 1. The Morgan fingerprint density at radius 1 is 1.24 bits per heavy atom. The second-order valence-corrected chi connectivity index (χ2v) is 6.30. The van der Waals surface area contributed by atoms with Crippen LogP contribution >= 0.6 is 0 Å². The Morgan fingerprint density at radius 2 is 2.00 bits per heavy atom. The molecular weight excluding hydrogens is 260 g/mol. The zero-order valence-corrected chi connectivity index (χ0v) is 13.6. The van der Waals surface area contributed by atoms with Gasteiger partial charge >= 0.3 is 0 Å². The Balaban J connectivity index is 2.27. The number of nitrogens with two attached hydrogens (primary N) is 1. The number of benzene rings is 1. The third kappa shape index (κ3) is 3.58. The number of amides is 1. The largest absolute Gasteiger partial charge is 0.398 e. The van der Waals surface area contributed by atoms with Crippen LogP contribution in [-0.2, 0) is 4.79 Å². The summed E-state index contributed by atoms with van der Waals surface area (Å²) in [5.41, 5.74) is 10.1. The van der Waals surface area contributed by atoms with E-state index in [2.05, 4.69) is 19.9 Å². The number of hydrogen-bond donors (Lipinski definition) is 1. The summed E-state index contributed by atoms with van der Waals surface area (Å²) >= 11 is 0. The van der Waals surface area contributed by atoms with E-state index in [9.17, 15) is 4.79 Å². The Morgan fingerprint density at radius 3 is 2.71 bits per heavy atom. The van der Waals surface area contributed by atoms with Crippen molar-refractivity contribution < 1.29 is 4.79 Å². The van der Waals surface area contributed by atoms with Gasteiger partial charge in [0.05, 0.1) is 0 Å². The highest BCUT2D eigenvalue weighted by Gasteiger charge is 2.30. The number of nitrogen functional groups attached to an aromatic ring is 1. The maximum absolute atomic E-state index is 12.5. The Hall–Kier alpha value is -1.51. The fraction of sp³-hybridized carbons (Fsp3) is 0.611. The molecule has 2 N–H and O–H groups in total. The minimum Gasteiger partial charge on any atom is -0.398 e. The van der Waals surface area contributed by atoms with Gasteiger partial charge < -0.3 is 10.6 Å². The smallest absolute Gasteiger partial charge is 0.227 e. The van der Waals surface area contributed by atoms with E-state index in [1.165, 1.54) is 19.3 Å². The summed E-state index contributed by atoms with van der Waals surface area (Å²) in [6.07, 6.45) is 7.57. The lowest BCUT2D eigenvalue weighted by Crippen LogP contribution is -2.44. The predicted octanol–water partition coefficient (Wildman–Crippen LogP) is 4.35. The van der Waals surface area contributed by atoms with Crippen molar-refractivity contribution in [1.29, 1.82) is 0 Å². The first kappa shape index (κ1) is 15.9. The second-order valence-electron chi connectivity index (χ2n) is 6.30. The highest BCUT2D eigenvalue weighted by molar-refractivity contribution is 5.96. The first-order valence-electron chi connectivity index (χ1n) is 8.23. The highest BCUT2D eigenvalue weighted by Crippen LogP contribution is 2.33. The first-order chi connectivity index (χ1) is 10.0. The molecule has 1 atom stereocenters. The Bertz CT molecular complexity index is 510. The van der Waals surface area contributed by atoms with Crippen LogP contribution < -0.4 is 10.6 Å². The summed E-state index contributed by atoms with van der Waals surface area (Å²) in [5.74, 6) is 0.258. The fourth-order valence-electron chi connectivity index (χ4n) is 3.29. The average Bonchev–Trinajstić information content (AvgIpc) is 2.44. The van der Waals surface area contributed by atoms with Gasteiger partial charge in [0.25, 0.3) is 0 Å². The Kier molecular flexibility index (Phi) is 5.27. The van der Waals surface area contributed by atoms with E-state index in [4.69, 9.17) is 5.73 Å². The molecule has 2 rings (SSSR count). The molecule has 1 saturated heterocycles. The molecule has 1 aromatic rings. The maximum Gasteiger partial charge on any atom is 0.227 e. The van der Waals surface area contributed by atoms with Crippen molar-refractivity contribution in [3.63, 3.8) is 0 Å². The van der Waals surface area contributed by atoms with Crippen LogP contribution in [0.15, 0.2) is 12.1 Å². The van der Waals surface area contributed by atoms with Crippen molar-refractivity contribution in [3.8, 4) is 0 Å². The fourth-order valence-corrected chi connectivity index (χ4v) is 3.29. The monoisotopic (exact) mass is 288 g/mol. The molecular formula is C18H28N2O. The summed E-state index contributed by atoms with van der Waals surface area (Å²) in [7, 11) is 0. The van der Waals surface area contributed by atoms with Crippen LogP contribution in [0.1, 0.15) is 63.0 Å². The van der Waals surface area contributed by atoms with Gasteiger partial charge in [-0.05, 0) is 50.3 Å². The number of anilines is 2. The molecule has 1 unspecified atom stereocenters. The standard InChI is InChI=1S/C18H28N2O/c1-4-5-6-8-15-9-7-10-18(21)20(15)17-12-16(19)13(2)11-14(17)3/h11-12,15H,4-10,19H2,1-3H3. The molecule has 1 aliphatic heterocycles. The van der Waals surface area contributed by atoms with E-state index in [-0.39, 0.29) is 5.91 Å². The maximum atomic E-state index is 12.5. The van der Waals surface area contributed by atoms with Crippen LogP contribution in [0.25, 0.3) is 0 Å². The third-order valence-corrected chi connectivity index (χ3v) is 4.55. The molecule has 0 radical (unpaired) electrons. The van der Waals surface area contributed by atoms with E-state index >= 15 is 0 Å². The van der Waals surface area contributed by atoms with E-state index < -0.39 is 0 Å². The molecule has 1 fully saturated rings. The number of piperidine rings is 1. The molecule has 1 amide bonds. The first-order valence-corrected chi connectivity index (χ1v) is 8.23. The predicted molar refractivity (Wildman–Crippen MR) is 89.6 cm³/mol. The summed E-state index contributed by atoms with van der Waals surface area (Å²) in [6.45, 7) is 6.31. The highest BCUT2D eigenvalue weighted by atomic mass is 16.2. The zero-order valence-electron chi connectivity index (χ0n) is 13.6. The molecule has 0 aromatic heterocycles. The molecule has 116 valence electrons. The molecule has 1 aromatic carbocycles. The van der Waals surface area contributed by atoms with Gasteiger partial charge in [-0.15, -0.1) is 0 Å². The van der Waals surface area contributed by atoms with Crippen molar-refractivity contribution in [3.05, 3.63) is 23.3 Å². The van der Waals surface area contributed by atoms with Gasteiger partial charge in [-0.1, -0.05) is 32.3 Å². The van der Waals surface area contributed by atoms with Crippen molar-refractivity contribution in [2.24, 2.45) is 0 Å². The van der Waals surface area contributed by atoms with Crippen LogP contribution in [0.4, 0.5) is 11.4 Å². The van der Waals surface area contributed by atoms with Crippen LogP contribution in [0, 0.1) is 13.8 Å². The summed E-state index contributed by atoms with van der Waals surface area (Å²) in [6, 6.07) is 4.43. The van der Waals surface area contributed by atoms with Gasteiger partial charge in [0, 0.05) is 23.8 Å². The van der Waals surface area contributed by atoms with E-state index in [0.717, 1.165) is 41.8 Å². The zero-order chi connectivity index (χ0) is 15.4. The minimum atomic E-state index is 0.258. The number of rotatable bonds is 5. The third-order valence-electron chi connectivity index (χ3n) is 4.55. The average molecular weight is 288 g/mol. The topological polar surface area (TPSA) is 46.3 Å². The van der Waals surface area contributed by atoms with Crippen molar-refractivity contribution >= 4 is 17.3 Å². The molecule has 1 heterocycles. The molecule has 3 nitrogen and oxygen atoms in total. The van der Waals surface area contributed by atoms with Gasteiger partial charge in [0.15, 0.2) is 0 Å². The van der Waals surface area contributed by atoms with Crippen LogP contribution in [-0.4, -0.2) is 11.9 Å². The van der Waals surface area contributed by atoms with Gasteiger partial charge in [0.2, 0.25) is 5.91 Å². The second kappa shape index (κ2) is 6.97. The minimum absolute atomic E-state index is 0.258. The van der Waals surface area contributed by atoms with Gasteiger partial charge in [-0.25, -0.2) is 0 Å². The molecule has 3 heteroatoms. The number of hydrogen-bond acceptors (Lipinski definition) is 2. The van der Waals surface area contributed by atoms with E-state index in [0.29, 0.717) is 12.5 Å². The molecule has 0 saturated carbocycles.